The Labute approximate surface area is 91.1 Å². The Morgan fingerprint density at radius 3 is 2.71 bits per heavy atom. The van der Waals surface area contributed by atoms with Gasteiger partial charge in [-0.05, 0) is 0 Å². The van der Waals surface area contributed by atoms with Crippen LogP contribution in [0, 0.1) is 6.92 Å². The zero-order chi connectivity index (χ0) is 10.1. The molecule has 2 aromatic rings. The minimum absolute atomic E-state index is 0.566. The van der Waals surface area contributed by atoms with Crippen molar-refractivity contribution in [2.24, 2.45) is 0 Å². The molecule has 0 N–H and O–H groups in total. The van der Waals surface area contributed by atoms with Gasteiger partial charge in [0, 0.05) is 0 Å². The average molecular weight is 253 g/mol. The third kappa shape index (κ3) is 1.43. The molecule has 1 nitrogen and oxygen atoms in total. The van der Waals surface area contributed by atoms with Crippen molar-refractivity contribution in [3.05, 3.63) is 28.3 Å². The Bertz CT molecular complexity index is 457. The van der Waals surface area contributed by atoms with Crippen LogP contribution >= 0.6 is 0 Å². The quantitative estimate of drug-likeness (QED) is 0.570. The van der Waals surface area contributed by atoms with Gasteiger partial charge in [0.2, 0.25) is 0 Å². The molecule has 0 spiro atoms. The number of hydrogen-bond acceptors (Lipinski definition) is 0. The zero-order valence-electron chi connectivity index (χ0n) is 9.00. The summed E-state index contributed by atoms with van der Waals surface area (Å²) in [6.45, 7) is 7.85. The SMILES string of the molecule is CCc1cccc2[se]c(C)[n+](CC)c12. The number of rotatable bonds is 2. The monoisotopic (exact) mass is 254 g/mol. The van der Waals surface area contributed by atoms with Gasteiger partial charge in [-0.25, -0.2) is 0 Å². The minimum atomic E-state index is 0.566. The van der Waals surface area contributed by atoms with Crippen molar-refractivity contribution in [1.82, 2.24) is 0 Å². The third-order valence-electron chi connectivity index (χ3n) is 2.69. The van der Waals surface area contributed by atoms with E-state index in [1.807, 2.05) is 0 Å². The molecular formula is C12H16NSe+. The van der Waals surface area contributed by atoms with Crippen LogP contribution in [-0.4, -0.2) is 14.5 Å². The van der Waals surface area contributed by atoms with E-state index < -0.39 is 0 Å². The van der Waals surface area contributed by atoms with Crippen LogP contribution in [0.2, 0.25) is 0 Å². The second-order valence-electron chi connectivity index (χ2n) is 3.48. The van der Waals surface area contributed by atoms with E-state index in [1.165, 1.54) is 11.1 Å². The summed E-state index contributed by atoms with van der Waals surface area (Å²) >= 11 is 0.566. The summed E-state index contributed by atoms with van der Waals surface area (Å²) in [5, 5.41) is 0. The number of fused-ring (bicyclic) bond motifs is 1. The zero-order valence-corrected chi connectivity index (χ0v) is 10.7. The van der Waals surface area contributed by atoms with Gasteiger partial charge in [0.25, 0.3) is 0 Å². The molecule has 0 atom stereocenters. The first-order chi connectivity index (χ1) is 6.77. The van der Waals surface area contributed by atoms with Crippen LogP contribution < -0.4 is 4.57 Å². The maximum atomic E-state index is 2.48. The molecule has 0 radical (unpaired) electrons. The van der Waals surface area contributed by atoms with Crippen LogP contribution in [0.3, 0.4) is 0 Å². The molecule has 0 fully saturated rings. The number of para-hydroxylation sites is 1. The van der Waals surface area contributed by atoms with Crippen molar-refractivity contribution in [3.63, 3.8) is 0 Å². The van der Waals surface area contributed by atoms with E-state index >= 15 is 0 Å². The molecule has 0 unspecified atom stereocenters. The summed E-state index contributed by atoms with van der Waals surface area (Å²) in [4.78, 5) is 0. The summed E-state index contributed by atoms with van der Waals surface area (Å²) in [7, 11) is 0. The Morgan fingerprint density at radius 1 is 1.29 bits per heavy atom. The predicted octanol–water partition coefficient (Wildman–Crippen LogP) is 2.08. The average Bonchev–Trinajstić information content (AvgIpc) is 2.52. The number of hydrogen-bond donors (Lipinski definition) is 0. The second-order valence-corrected chi connectivity index (χ2v) is 6.07. The van der Waals surface area contributed by atoms with Crippen LogP contribution in [0.1, 0.15) is 24.0 Å². The number of aryl methyl sites for hydroxylation is 3. The number of nitrogens with zero attached hydrogens (tertiary/aromatic N) is 1. The molecule has 2 heteroatoms. The van der Waals surface area contributed by atoms with Crippen LogP contribution in [0.15, 0.2) is 18.2 Å². The molecule has 0 bridgehead atoms. The van der Waals surface area contributed by atoms with Crippen molar-refractivity contribution in [1.29, 1.82) is 0 Å². The molecule has 0 saturated carbocycles. The predicted molar refractivity (Wildman–Crippen MR) is 60.9 cm³/mol. The van der Waals surface area contributed by atoms with Gasteiger partial charge in [-0.2, -0.15) is 0 Å². The van der Waals surface area contributed by atoms with Gasteiger partial charge in [-0.3, -0.25) is 0 Å². The second kappa shape index (κ2) is 3.88. The fraction of sp³-hybridized carbons (Fsp3) is 0.417. The van der Waals surface area contributed by atoms with E-state index in [1.54, 1.807) is 8.83 Å². The molecule has 0 aliphatic rings. The van der Waals surface area contributed by atoms with E-state index in [0.29, 0.717) is 14.5 Å². The Hall–Kier alpha value is -0.591. The van der Waals surface area contributed by atoms with Crippen molar-refractivity contribution in [2.45, 2.75) is 33.7 Å². The van der Waals surface area contributed by atoms with E-state index in [-0.39, 0.29) is 0 Å². The van der Waals surface area contributed by atoms with E-state index in [9.17, 15) is 0 Å². The van der Waals surface area contributed by atoms with E-state index in [0.717, 1.165) is 13.0 Å². The number of aromatic nitrogens is 1. The van der Waals surface area contributed by atoms with E-state index in [2.05, 4.69) is 43.5 Å². The van der Waals surface area contributed by atoms with Gasteiger partial charge in [0.1, 0.15) is 0 Å². The van der Waals surface area contributed by atoms with Gasteiger partial charge in [0.15, 0.2) is 0 Å². The molecule has 0 amide bonds. The summed E-state index contributed by atoms with van der Waals surface area (Å²) in [5.41, 5.74) is 3.01. The molecule has 14 heavy (non-hydrogen) atoms. The topological polar surface area (TPSA) is 3.88 Å². The molecular weight excluding hydrogens is 237 g/mol. The van der Waals surface area contributed by atoms with Crippen molar-refractivity contribution < 1.29 is 4.57 Å². The molecule has 1 aromatic heterocycles. The van der Waals surface area contributed by atoms with Crippen LogP contribution in [0.5, 0.6) is 0 Å². The first kappa shape index (κ1) is 9.95. The Balaban J connectivity index is 2.82. The van der Waals surface area contributed by atoms with Crippen LogP contribution in [0.25, 0.3) is 9.78 Å². The van der Waals surface area contributed by atoms with Gasteiger partial charge >= 0.3 is 90.9 Å². The molecule has 1 heterocycles. The first-order valence-corrected chi connectivity index (χ1v) is 6.90. The number of benzene rings is 1. The fourth-order valence-corrected chi connectivity index (χ4v) is 4.37. The first-order valence-electron chi connectivity index (χ1n) is 5.18. The summed E-state index contributed by atoms with van der Waals surface area (Å²) in [6, 6.07) is 6.75. The molecule has 2 rings (SSSR count). The molecule has 0 aliphatic heterocycles. The fourth-order valence-electron chi connectivity index (χ4n) is 1.99. The molecule has 0 saturated heterocycles. The van der Waals surface area contributed by atoms with Crippen LogP contribution in [-0.2, 0) is 13.0 Å². The van der Waals surface area contributed by atoms with Gasteiger partial charge in [-0.1, -0.05) is 0 Å². The van der Waals surface area contributed by atoms with E-state index in [4.69, 9.17) is 0 Å². The Kier molecular flexibility index (Phi) is 2.75. The molecule has 74 valence electrons. The van der Waals surface area contributed by atoms with Crippen LogP contribution in [0.4, 0.5) is 0 Å². The molecule has 0 aliphatic carbocycles. The van der Waals surface area contributed by atoms with Crippen molar-refractivity contribution >= 4 is 24.3 Å². The molecule has 1 aromatic carbocycles. The normalized spacial score (nSPS) is 11.1. The summed E-state index contributed by atoms with van der Waals surface area (Å²) in [6.07, 6.45) is 1.14. The van der Waals surface area contributed by atoms with Crippen molar-refractivity contribution in [3.8, 4) is 0 Å². The van der Waals surface area contributed by atoms with Crippen molar-refractivity contribution in [2.75, 3.05) is 0 Å². The Morgan fingerprint density at radius 2 is 2.07 bits per heavy atom. The summed E-state index contributed by atoms with van der Waals surface area (Å²) < 4.78 is 5.60. The van der Waals surface area contributed by atoms with Gasteiger partial charge in [-0.15, -0.1) is 0 Å². The van der Waals surface area contributed by atoms with Gasteiger partial charge < -0.3 is 0 Å². The van der Waals surface area contributed by atoms with Gasteiger partial charge in [0.05, 0.1) is 0 Å². The standard InChI is InChI=1S/C12H16NSe/c1-4-10-7-6-8-11-12(10)13(5-2)9(3)14-11/h6-8H,4-5H2,1-3H3/q+1. The third-order valence-corrected chi connectivity index (χ3v) is 4.92. The maximum absolute atomic E-state index is 2.48. The summed E-state index contributed by atoms with van der Waals surface area (Å²) in [5.74, 6) is 0.